The number of fused-ring (bicyclic) bond motifs is 1. The molecule has 33 heavy (non-hydrogen) atoms. The van der Waals surface area contributed by atoms with Gasteiger partial charge >= 0.3 is 0 Å². The molecule has 2 aromatic heterocycles. The van der Waals surface area contributed by atoms with Crippen molar-refractivity contribution in [1.82, 2.24) is 24.6 Å². The highest BCUT2D eigenvalue weighted by Gasteiger charge is 2.33. The summed E-state index contributed by atoms with van der Waals surface area (Å²) in [6, 6.07) is 10.5. The van der Waals surface area contributed by atoms with Crippen molar-refractivity contribution >= 4 is 22.8 Å². The zero-order chi connectivity index (χ0) is 22.6. The second kappa shape index (κ2) is 10.4. The minimum absolute atomic E-state index is 0.0996. The Kier molecular flexibility index (Phi) is 7.10. The number of aliphatic hydroxyl groups is 1. The summed E-state index contributed by atoms with van der Waals surface area (Å²) in [4.78, 5) is 11.1. The third-order valence-corrected chi connectivity index (χ3v) is 7.67. The van der Waals surface area contributed by atoms with Crippen LogP contribution < -0.4 is 4.74 Å². The number of nitrogens with zero attached hydrogens (tertiary/aromatic N) is 5. The second-order valence-corrected chi connectivity index (χ2v) is 9.85. The number of β-amino-alcohol motifs (C(OH)–C–C–N with tert-alkyl or cyclic N) is 1. The van der Waals surface area contributed by atoms with Crippen LogP contribution >= 0.6 is 11.8 Å². The van der Waals surface area contributed by atoms with Crippen LogP contribution in [0, 0.1) is 5.92 Å². The zero-order valence-electron chi connectivity index (χ0n) is 19.0. The Balaban J connectivity index is 1.31. The average Bonchev–Trinajstić information content (AvgIpc) is 3.40. The summed E-state index contributed by atoms with van der Waals surface area (Å²) in [5.74, 6) is 2.63. The lowest BCUT2D eigenvalue weighted by Crippen LogP contribution is -2.26. The first kappa shape index (κ1) is 22.6. The maximum absolute atomic E-state index is 10.8. The summed E-state index contributed by atoms with van der Waals surface area (Å²) >= 11 is 1.89. The van der Waals surface area contributed by atoms with Crippen molar-refractivity contribution in [2.24, 2.45) is 5.92 Å². The molecule has 1 unspecified atom stereocenters. The van der Waals surface area contributed by atoms with E-state index in [1.807, 2.05) is 22.5 Å². The lowest BCUT2D eigenvalue weighted by molar-refractivity contribution is -0.0415. The van der Waals surface area contributed by atoms with Gasteiger partial charge in [0.05, 0.1) is 18.9 Å². The number of methoxy groups -OCH3 is 1. The van der Waals surface area contributed by atoms with E-state index in [2.05, 4.69) is 39.1 Å². The fourth-order valence-electron chi connectivity index (χ4n) is 4.74. The quantitative estimate of drug-likeness (QED) is 0.538. The van der Waals surface area contributed by atoms with E-state index in [0.29, 0.717) is 24.5 Å². The number of hydrogen-bond acceptors (Lipinski definition) is 8. The lowest BCUT2D eigenvalue weighted by atomic mass is 10.1. The Bertz CT molecular complexity index is 1060. The number of benzene rings is 1. The maximum Gasteiger partial charge on any atom is 0.245 e. The average molecular weight is 470 g/mol. The van der Waals surface area contributed by atoms with E-state index in [1.54, 1.807) is 7.11 Å². The molecule has 1 N–H and O–H groups in total. The molecule has 8 nitrogen and oxygen atoms in total. The Morgan fingerprint density at radius 2 is 2.03 bits per heavy atom. The Morgan fingerprint density at radius 1 is 1.15 bits per heavy atom. The molecule has 2 saturated heterocycles. The molecular formula is C24H31N5O3S. The highest BCUT2D eigenvalue weighted by Crippen LogP contribution is 2.32. The monoisotopic (exact) mass is 469 g/mol. The van der Waals surface area contributed by atoms with Crippen LogP contribution in [0.5, 0.6) is 5.88 Å². The Hall–Kier alpha value is -2.20. The number of thioether (sulfide) groups is 1. The molecule has 4 heterocycles. The van der Waals surface area contributed by atoms with Crippen LogP contribution in [0.4, 0.5) is 0 Å². The van der Waals surface area contributed by atoms with E-state index in [9.17, 15) is 5.11 Å². The minimum atomic E-state index is -0.328. The first-order valence-electron chi connectivity index (χ1n) is 11.6. The van der Waals surface area contributed by atoms with Crippen LogP contribution in [0.3, 0.4) is 0 Å². The normalized spacial score (nSPS) is 23.9. The highest BCUT2D eigenvalue weighted by molar-refractivity contribution is 7.98. The molecule has 0 radical (unpaired) electrons. The predicted molar refractivity (Wildman–Crippen MR) is 128 cm³/mol. The molecule has 0 aliphatic carbocycles. The summed E-state index contributed by atoms with van der Waals surface area (Å²) in [6.45, 7) is 2.90. The van der Waals surface area contributed by atoms with Crippen molar-refractivity contribution in [1.29, 1.82) is 0 Å². The molecule has 9 heteroatoms. The van der Waals surface area contributed by atoms with Crippen molar-refractivity contribution in [3.63, 3.8) is 0 Å². The van der Waals surface area contributed by atoms with Crippen LogP contribution in [0.1, 0.15) is 36.7 Å². The van der Waals surface area contributed by atoms with E-state index in [0.717, 1.165) is 55.1 Å². The SMILES string of the molecule is COc1ncnc2c(CN3C[C@H](CSCc4ccccc4)[C@H](O)C3)n(C3CCCCO3)nc12. The fraction of sp³-hybridized carbons (Fsp3) is 0.542. The van der Waals surface area contributed by atoms with Gasteiger partial charge in [0.1, 0.15) is 11.8 Å². The molecule has 0 spiro atoms. The number of aliphatic hydroxyl groups excluding tert-OH is 1. The molecule has 176 valence electrons. The molecule has 5 rings (SSSR count). The molecule has 0 amide bonds. The van der Waals surface area contributed by atoms with Crippen LogP contribution in [0.15, 0.2) is 36.7 Å². The van der Waals surface area contributed by atoms with Crippen molar-refractivity contribution in [3.05, 3.63) is 47.9 Å². The molecule has 1 aromatic carbocycles. The third-order valence-electron chi connectivity index (χ3n) is 6.47. The molecule has 2 fully saturated rings. The van der Waals surface area contributed by atoms with Gasteiger partial charge in [-0.1, -0.05) is 30.3 Å². The first-order chi connectivity index (χ1) is 16.2. The smallest absolute Gasteiger partial charge is 0.245 e. The molecule has 2 aliphatic rings. The van der Waals surface area contributed by atoms with Crippen LogP contribution in [-0.2, 0) is 17.0 Å². The fourth-order valence-corrected chi connectivity index (χ4v) is 5.92. The van der Waals surface area contributed by atoms with Gasteiger partial charge in [0.25, 0.3) is 0 Å². The maximum atomic E-state index is 10.8. The topological polar surface area (TPSA) is 85.5 Å². The van der Waals surface area contributed by atoms with Crippen molar-refractivity contribution in [2.45, 2.75) is 43.9 Å². The molecule has 3 aromatic rings. The Labute approximate surface area is 198 Å². The summed E-state index contributed by atoms with van der Waals surface area (Å²) in [5.41, 5.74) is 3.79. The molecule has 2 aliphatic heterocycles. The van der Waals surface area contributed by atoms with Crippen molar-refractivity contribution in [2.75, 3.05) is 32.6 Å². The molecule has 3 atom stereocenters. The lowest BCUT2D eigenvalue weighted by Gasteiger charge is -2.25. The number of hydrogen-bond donors (Lipinski definition) is 1. The number of aromatic nitrogens is 4. The van der Waals surface area contributed by atoms with E-state index in [-0.39, 0.29) is 18.2 Å². The zero-order valence-corrected chi connectivity index (χ0v) is 19.8. The second-order valence-electron chi connectivity index (χ2n) is 8.81. The van der Waals surface area contributed by atoms with Gasteiger partial charge in [0.15, 0.2) is 11.7 Å². The van der Waals surface area contributed by atoms with Gasteiger partial charge in [-0.25, -0.2) is 9.67 Å². The summed E-state index contributed by atoms with van der Waals surface area (Å²) in [6.07, 6.45) is 4.23. The number of likely N-dealkylation sites (tertiary alicyclic amines) is 1. The van der Waals surface area contributed by atoms with Gasteiger partial charge < -0.3 is 14.6 Å². The standard InChI is InChI=1S/C24H31N5O3S/c1-31-24-23-22(25-16-26-24)19(29(27-23)21-9-5-6-10-32-21)12-28-11-18(20(30)13-28)15-33-14-17-7-3-2-4-8-17/h2-4,7-8,16,18,20-21,30H,5-6,9-15H2,1H3/t18-,20-,21?/m1/s1. The number of ether oxygens (including phenoxy) is 2. The van der Waals surface area contributed by atoms with Gasteiger partial charge in [-0.2, -0.15) is 21.8 Å². The molecule has 0 saturated carbocycles. The number of rotatable bonds is 8. The van der Waals surface area contributed by atoms with Crippen LogP contribution in [0.2, 0.25) is 0 Å². The third kappa shape index (κ3) is 5.01. The Morgan fingerprint density at radius 3 is 2.82 bits per heavy atom. The summed E-state index contributed by atoms with van der Waals surface area (Å²) in [7, 11) is 1.60. The van der Waals surface area contributed by atoms with Gasteiger partial charge in [0, 0.05) is 43.7 Å². The molecule has 0 bridgehead atoms. The van der Waals surface area contributed by atoms with E-state index < -0.39 is 0 Å². The first-order valence-corrected chi connectivity index (χ1v) is 12.8. The van der Waals surface area contributed by atoms with E-state index in [1.165, 1.54) is 11.9 Å². The van der Waals surface area contributed by atoms with E-state index in [4.69, 9.17) is 14.6 Å². The van der Waals surface area contributed by atoms with Crippen molar-refractivity contribution < 1.29 is 14.6 Å². The van der Waals surface area contributed by atoms with Gasteiger partial charge in [0.2, 0.25) is 5.88 Å². The summed E-state index contributed by atoms with van der Waals surface area (Å²) < 4.78 is 13.5. The van der Waals surface area contributed by atoms with Gasteiger partial charge in [-0.3, -0.25) is 4.90 Å². The predicted octanol–water partition coefficient (Wildman–Crippen LogP) is 3.26. The van der Waals surface area contributed by atoms with Gasteiger partial charge in [-0.05, 0) is 24.8 Å². The van der Waals surface area contributed by atoms with Crippen LogP contribution in [-0.4, -0.2) is 68.4 Å². The molecular weight excluding hydrogens is 438 g/mol. The van der Waals surface area contributed by atoms with Crippen molar-refractivity contribution in [3.8, 4) is 5.88 Å². The largest absolute Gasteiger partial charge is 0.479 e. The van der Waals surface area contributed by atoms with E-state index >= 15 is 0 Å². The summed E-state index contributed by atoms with van der Waals surface area (Å²) in [5, 5.41) is 15.6. The minimum Gasteiger partial charge on any atom is -0.479 e. The van der Waals surface area contributed by atoms with Crippen LogP contribution in [0.25, 0.3) is 11.0 Å². The highest BCUT2D eigenvalue weighted by atomic mass is 32.2. The van der Waals surface area contributed by atoms with Gasteiger partial charge in [-0.15, -0.1) is 0 Å².